The Morgan fingerprint density at radius 2 is 0.556 bits per heavy atom. The second kappa shape index (κ2) is 13.4. The number of hydrogen-bond donors (Lipinski definition) is 0. The van der Waals surface area contributed by atoms with Gasteiger partial charge in [-0.3, -0.25) is 0 Å². The maximum atomic E-state index is 2.44. The first-order valence-electron chi connectivity index (χ1n) is 18.4. The molecule has 0 fully saturated rings. The lowest BCUT2D eigenvalue weighted by molar-refractivity contribution is 1.59. The summed E-state index contributed by atoms with van der Waals surface area (Å²) in [6.07, 6.45) is 0. The number of fused-ring (bicyclic) bond motifs is 3. The lowest BCUT2D eigenvalue weighted by atomic mass is 9.91. The third-order valence-electron chi connectivity index (χ3n) is 10.7. The molecule has 0 unspecified atom stereocenters. The SMILES string of the molecule is Cc1sc2c(-c3cc(-c4cccc5c(-c6ccccc6)c(C)sc45)cc(-c4cccc5c(-c6ccccc6)c(C)sc45)c3)cccc2c1-c1ccccc1. The van der Waals surface area contributed by atoms with Crippen LogP contribution < -0.4 is 0 Å². The first kappa shape index (κ1) is 33.0. The van der Waals surface area contributed by atoms with E-state index in [1.54, 1.807) is 0 Å². The molecule has 0 radical (unpaired) electrons. The molecule has 0 saturated heterocycles. The molecule has 0 saturated carbocycles. The van der Waals surface area contributed by atoms with Gasteiger partial charge >= 0.3 is 0 Å². The zero-order valence-electron chi connectivity index (χ0n) is 30.3. The van der Waals surface area contributed by atoms with E-state index in [0.29, 0.717) is 0 Å². The molecule has 0 nitrogen and oxygen atoms in total. The zero-order valence-corrected chi connectivity index (χ0v) is 32.8. The molecule has 54 heavy (non-hydrogen) atoms. The van der Waals surface area contributed by atoms with E-state index in [0.717, 1.165) is 0 Å². The van der Waals surface area contributed by atoms with Gasteiger partial charge in [0.25, 0.3) is 0 Å². The van der Waals surface area contributed by atoms with E-state index in [1.807, 2.05) is 34.0 Å². The Morgan fingerprint density at radius 1 is 0.278 bits per heavy atom. The minimum Gasteiger partial charge on any atom is -0.139 e. The van der Waals surface area contributed by atoms with Crippen LogP contribution in [0.1, 0.15) is 14.6 Å². The van der Waals surface area contributed by atoms with Crippen molar-refractivity contribution < 1.29 is 0 Å². The zero-order chi connectivity index (χ0) is 36.3. The number of rotatable bonds is 6. The molecule has 7 aromatic carbocycles. The molecule has 0 aliphatic rings. The van der Waals surface area contributed by atoms with E-state index in [-0.39, 0.29) is 0 Å². The van der Waals surface area contributed by atoms with Crippen molar-refractivity contribution in [3.05, 3.63) is 178 Å². The van der Waals surface area contributed by atoms with Crippen LogP contribution in [0.2, 0.25) is 0 Å². The van der Waals surface area contributed by atoms with Gasteiger partial charge in [-0.15, -0.1) is 34.0 Å². The number of aryl methyl sites for hydroxylation is 3. The molecule has 0 N–H and O–H groups in total. The average molecular weight is 745 g/mol. The van der Waals surface area contributed by atoms with Gasteiger partial charge in [-0.2, -0.15) is 0 Å². The van der Waals surface area contributed by atoms with Gasteiger partial charge < -0.3 is 0 Å². The number of thiophene rings is 3. The summed E-state index contributed by atoms with van der Waals surface area (Å²) < 4.78 is 4.01. The normalized spacial score (nSPS) is 11.6. The Labute approximate surface area is 328 Å². The van der Waals surface area contributed by atoms with Crippen LogP contribution in [0.4, 0.5) is 0 Å². The molecule has 3 heteroatoms. The van der Waals surface area contributed by atoms with Crippen LogP contribution in [-0.2, 0) is 0 Å². The van der Waals surface area contributed by atoms with Gasteiger partial charge in [0.1, 0.15) is 0 Å². The monoisotopic (exact) mass is 744 g/mol. The van der Waals surface area contributed by atoms with E-state index < -0.39 is 0 Å². The fraction of sp³-hybridized carbons (Fsp3) is 0.0588. The highest BCUT2D eigenvalue weighted by molar-refractivity contribution is 7.21. The molecule has 0 atom stereocenters. The molecule has 0 amide bonds. The molecule has 10 rings (SSSR count). The van der Waals surface area contributed by atoms with Gasteiger partial charge in [0.2, 0.25) is 0 Å². The van der Waals surface area contributed by atoms with Crippen LogP contribution in [-0.4, -0.2) is 0 Å². The maximum Gasteiger partial charge on any atom is 0.0430 e. The van der Waals surface area contributed by atoms with Gasteiger partial charge in [0.15, 0.2) is 0 Å². The fourth-order valence-corrected chi connectivity index (χ4v) is 12.0. The Morgan fingerprint density at radius 3 is 0.833 bits per heavy atom. The summed E-state index contributed by atoms with van der Waals surface area (Å²) in [6.45, 7) is 6.81. The van der Waals surface area contributed by atoms with Gasteiger partial charge in [-0.1, -0.05) is 146 Å². The van der Waals surface area contributed by atoms with Crippen LogP contribution in [0.25, 0.3) is 97.0 Å². The van der Waals surface area contributed by atoms with Crippen molar-refractivity contribution in [2.45, 2.75) is 20.8 Å². The van der Waals surface area contributed by atoms with Crippen molar-refractivity contribution in [2.75, 3.05) is 0 Å². The summed E-state index contributed by atoms with van der Waals surface area (Å²) in [5.41, 5.74) is 15.4. The van der Waals surface area contributed by atoms with Gasteiger partial charge in [-0.05, 0) is 89.0 Å². The summed E-state index contributed by atoms with van der Waals surface area (Å²) in [5, 5.41) is 3.96. The van der Waals surface area contributed by atoms with Gasteiger partial charge in [0.05, 0.1) is 0 Å². The number of hydrogen-bond acceptors (Lipinski definition) is 3. The highest BCUT2D eigenvalue weighted by atomic mass is 32.1. The third-order valence-corrected chi connectivity index (χ3v) is 14.2. The fourth-order valence-electron chi connectivity index (χ4n) is 8.38. The Balaban J connectivity index is 1.24. The summed E-state index contributed by atoms with van der Waals surface area (Å²) in [4.78, 5) is 4.04. The summed E-state index contributed by atoms with van der Waals surface area (Å²) >= 11 is 5.74. The summed E-state index contributed by atoms with van der Waals surface area (Å²) in [7, 11) is 0. The van der Waals surface area contributed by atoms with Gasteiger partial charge in [-0.25, -0.2) is 0 Å². The Bertz CT molecular complexity index is 2660. The molecule has 0 bridgehead atoms. The van der Waals surface area contributed by atoms with Crippen LogP contribution in [0.5, 0.6) is 0 Å². The van der Waals surface area contributed by atoms with E-state index in [4.69, 9.17) is 0 Å². The molecular formula is C51H36S3. The van der Waals surface area contributed by atoms with E-state index >= 15 is 0 Å². The van der Waals surface area contributed by atoms with Crippen LogP contribution >= 0.6 is 34.0 Å². The Hall–Kier alpha value is -5.58. The van der Waals surface area contributed by atoms with Crippen molar-refractivity contribution in [3.8, 4) is 66.8 Å². The van der Waals surface area contributed by atoms with Crippen LogP contribution in [0, 0.1) is 20.8 Å². The summed E-state index contributed by atoms with van der Waals surface area (Å²) in [6, 6.07) is 60.5. The smallest absolute Gasteiger partial charge is 0.0430 e. The van der Waals surface area contributed by atoms with Crippen molar-refractivity contribution in [1.29, 1.82) is 0 Å². The minimum absolute atomic E-state index is 1.25. The number of benzene rings is 7. The Kier molecular flexibility index (Phi) is 8.18. The average Bonchev–Trinajstić information content (AvgIpc) is 3.86. The minimum atomic E-state index is 1.25. The molecule has 0 aliphatic carbocycles. The lowest BCUT2D eigenvalue weighted by Gasteiger charge is -2.14. The molecule has 3 aromatic heterocycles. The highest BCUT2D eigenvalue weighted by Crippen LogP contribution is 2.48. The molecule has 0 spiro atoms. The van der Waals surface area contributed by atoms with Crippen LogP contribution in [0.3, 0.4) is 0 Å². The van der Waals surface area contributed by atoms with Crippen LogP contribution in [0.15, 0.2) is 164 Å². The largest absolute Gasteiger partial charge is 0.139 e. The molecule has 0 aliphatic heterocycles. The topological polar surface area (TPSA) is 0 Å². The van der Waals surface area contributed by atoms with Crippen molar-refractivity contribution in [3.63, 3.8) is 0 Å². The predicted molar refractivity (Wildman–Crippen MR) is 239 cm³/mol. The predicted octanol–water partition coefficient (Wildman–Crippen LogP) is 16.3. The highest BCUT2D eigenvalue weighted by Gasteiger charge is 2.20. The molecular weight excluding hydrogens is 709 g/mol. The standard InChI is InChI=1S/C51H36S3/c1-31-46(34-16-7-4-8-17-34)43-25-13-22-40(49(43)52-31)37-28-38(41-23-14-26-44-47(32(2)53-50(41)44)35-18-9-5-10-19-35)30-39(29-37)42-24-15-27-45-48(33(3)54-51(42)45)36-20-11-6-12-21-36/h4-30H,1-3H3. The van der Waals surface area contributed by atoms with Crippen molar-refractivity contribution in [2.24, 2.45) is 0 Å². The third kappa shape index (κ3) is 5.46. The van der Waals surface area contributed by atoms with E-state index in [1.165, 1.54) is 112 Å². The quantitative estimate of drug-likeness (QED) is 0.159. The van der Waals surface area contributed by atoms with Gasteiger partial charge in [0, 0.05) is 61.6 Å². The summed E-state index contributed by atoms with van der Waals surface area (Å²) in [5.74, 6) is 0. The maximum absolute atomic E-state index is 2.44. The molecule has 258 valence electrons. The second-order valence-electron chi connectivity index (χ2n) is 14.0. The van der Waals surface area contributed by atoms with Crippen molar-refractivity contribution >= 4 is 64.3 Å². The lowest BCUT2D eigenvalue weighted by Crippen LogP contribution is -1.88. The first-order valence-corrected chi connectivity index (χ1v) is 20.9. The van der Waals surface area contributed by atoms with Crippen molar-refractivity contribution in [1.82, 2.24) is 0 Å². The molecule has 10 aromatic rings. The second-order valence-corrected chi connectivity index (χ2v) is 17.7. The van der Waals surface area contributed by atoms with E-state index in [2.05, 4.69) is 185 Å². The first-order chi connectivity index (χ1) is 26.5. The molecule has 3 heterocycles. The van der Waals surface area contributed by atoms with E-state index in [9.17, 15) is 0 Å².